The largest absolute Gasteiger partial charge is 0.349 e. The zero-order chi connectivity index (χ0) is 15.6. The number of aryl methyl sites for hydroxylation is 1. The summed E-state index contributed by atoms with van der Waals surface area (Å²) < 4.78 is 14.0. The Bertz CT molecular complexity index is 570. The highest BCUT2D eigenvalue weighted by atomic mass is 19.1. The van der Waals surface area contributed by atoms with E-state index in [4.69, 9.17) is 0 Å². The molecule has 2 rings (SSSR count). The van der Waals surface area contributed by atoms with Crippen molar-refractivity contribution in [2.24, 2.45) is 5.92 Å². The fraction of sp³-hybridized carbons (Fsp3) is 0.533. The third kappa shape index (κ3) is 3.77. The van der Waals surface area contributed by atoms with Gasteiger partial charge in [-0.3, -0.25) is 14.9 Å². The van der Waals surface area contributed by atoms with Gasteiger partial charge in [-0.15, -0.1) is 0 Å². The molecule has 1 fully saturated rings. The fourth-order valence-electron chi connectivity index (χ4n) is 2.37. The maximum absolute atomic E-state index is 14.0. The van der Waals surface area contributed by atoms with Crippen molar-refractivity contribution in [3.63, 3.8) is 0 Å². The van der Waals surface area contributed by atoms with Crippen LogP contribution in [0.3, 0.4) is 0 Å². The van der Waals surface area contributed by atoms with Crippen LogP contribution in [-0.4, -0.2) is 16.9 Å². The van der Waals surface area contributed by atoms with Crippen LogP contribution < -0.4 is 5.32 Å². The maximum Gasteiger partial charge on any atom is 0.270 e. The lowest BCUT2D eigenvalue weighted by molar-refractivity contribution is -0.385. The number of nitrogens with one attached hydrogen (secondary N) is 1. The number of benzene rings is 1. The highest BCUT2D eigenvalue weighted by Crippen LogP contribution is 2.34. The zero-order valence-corrected chi connectivity index (χ0v) is 12.2. The molecular formula is C15H19FN2O3. The van der Waals surface area contributed by atoms with Crippen LogP contribution in [-0.2, 0) is 0 Å². The van der Waals surface area contributed by atoms with E-state index < -0.39 is 16.6 Å². The molecule has 1 aromatic rings. The molecule has 1 aliphatic carbocycles. The van der Waals surface area contributed by atoms with Crippen molar-refractivity contribution in [1.82, 2.24) is 5.32 Å². The molecule has 0 aromatic heterocycles. The molecule has 0 spiro atoms. The van der Waals surface area contributed by atoms with Gasteiger partial charge in [0.25, 0.3) is 11.6 Å². The van der Waals surface area contributed by atoms with Crippen molar-refractivity contribution in [3.05, 3.63) is 39.2 Å². The van der Waals surface area contributed by atoms with Crippen LogP contribution in [0.15, 0.2) is 12.1 Å². The Morgan fingerprint density at radius 1 is 1.52 bits per heavy atom. The lowest BCUT2D eigenvalue weighted by Gasteiger charge is -2.17. The first-order valence-corrected chi connectivity index (χ1v) is 7.17. The first-order valence-electron chi connectivity index (χ1n) is 7.17. The van der Waals surface area contributed by atoms with Crippen LogP contribution in [0.2, 0.25) is 0 Å². The summed E-state index contributed by atoms with van der Waals surface area (Å²) in [5, 5.41) is 13.6. The molecule has 1 unspecified atom stereocenters. The summed E-state index contributed by atoms with van der Waals surface area (Å²) in [7, 11) is 0. The molecular weight excluding hydrogens is 275 g/mol. The van der Waals surface area contributed by atoms with Crippen molar-refractivity contribution in [2.75, 3.05) is 0 Å². The summed E-state index contributed by atoms with van der Waals surface area (Å²) in [6.45, 7) is 3.38. The van der Waals surface area contributed by atoms with E-state index in [0.717, 1.165) is 25.0 Å². The summed E-state index contributed by atoms with van der Waals surface area (Å²) in [5.74, 6) is -0.627. The zero-order valence-electron chi connectivity index (χ0n) is 12.2. The first-order chi connectivity index (χ1) is 9.92. The van der Waals surface area contributed by atoms with Gasteiger partial charge >= 0.3 is 0 Å². The smallest absolute Gasteiger partial charge is 0.270 e. The van der Waals surface area contributed by atoms with Gasteiger partial charge in [-0.05, 0) is 31.2 Å². The van der Waals surface area contributed by atoms with Crippen LogP contribution >= 0.6 is 0 Å². The number of nitro benzene ring substituents is 1. The molecule has 5 nitrogen and oxygen atoms in total. The van der Waals surface area contributed by atoms with Crippen LogP contribution in [0.1, 0.15) is 48.5 Å². The van der Waals surface area contributed by atoms with E-state index in [2.05, 4.69) is 5.32 Å². The minimum Gasteiger partial charge on any atom is -0.349 e. The number of hydrogen-bond acceptors (Lipinski definition) is 3. The predicted molar refractivity (Wildman–Crippen MR) is 76.7 cm³/mol. The normalized spacial score (nSPS) is 15.6. The lowest BCUT2D eigenvalue weighted by Crippen LogP contribution is -2.35. The molecule has 0 aliphatic heterocycles. The van der Waals surface area contributed by atoms with E-state index in [1.165, 1.54) is 19.8 Å². The molecule has 0 bridgehead atoms. The van der Waals surface area contributed by atoms with Crippen molar-refractivity contribution >= 4 is 11.6 Å². The molecule has 6 heteroatoms. The SMILES string of the molecule is CCC(CC1CC1)NC(=O)c1cc([N+](=O)[O-])cc(C)c1F. The van der Waals surface area contributed by atoms with Crippen molar-refractivity contribution < 1.29 is 14.1 Å². The molecule has 0 radical (unpaired) electrons. The number of non-ortho nitro benzene ring substituents is 1. The molecule has 1 atom stereocenters. The number of amides is 1. The minimum atomic E-state index is -0.695. The van der Waals surface area contributed by atoms with Gasteiger partial charge in [0.2, 0.25) is 0 Å². The second kappa shape index (κ2) is 6.20. The van der Waals surface area contributed by atoms with Crippen LogP contribution in [0.5, 0.6) is 0 Å². The number of rotatable bonds is 6. The number of nitro groups is 1. The Morgan fingerprint density at radius 2 is 2.19 bits per heavy atom. The maximum atomic E-state index is 14.0. The van der Waals surface area contributed by atoms with Gasteiger partial charge in [-0.25, -0.2) is 4.39 Å². The van der Waals surface area contributed by atoms with E-state index in [1.54, 1.807) is 0 Å². The summed E-state index contributed by atoms with van der Waals surface area (Å²) >= 11 is 0. The summed E-state index contributed by atoms with van der Waals surface area (Å²) in [6, 6.07) is 2.12. The van der Waals surface area contributed by atoms with Gasteiger partial charge in [0.05, 0.1) is 10.5 Å². The molecule has 1 N–H and O–H groups in total. The topological polar surface area (TPSA) is 72.2 Å². The summed E-state index contributed by atoms with van der Waals surface area (Å²) in [4.78, 5) is 22.4. The molecule has 1 amide bonds. The van der Waals surface area contributed by atoms with Gasteiger partial charge in [0.15, 0.2) is 0 Å². The Labute approximate surface area is 122 Å². The monoisotopic (exact) mass is 294 g/mol. The van der Waals surface area contributed by atoms with Crippen LogP contribution in [0.25, 0.3) is 0 Å². The van der Waals surface area contributed by atoms with Gasteiger partial charge in [0, 0.05) is 18.2 Å². The number of nitrogens with zero attached hydrogens (tertiary/aromatic N) is 1. The second-order valence-corrected chi connectivity index (χ2v) is 5.64. The van der Waals surface area contributed by atoms with E-state index in [1.807, 2.05) is 6.92 Å². The van der Waals surface area contributed by atoms with Crippen molar-refractivity contribution in [1.29, 1.82) is 0 Å². The Hall–Kier alpha value is -1.98. The number of carbonyl (C=O) groups is 1. The van der Waals surface area contributed by atoms with Gasteiger partial charge in [-0.1, -0.05) is 19.8 Å². The van der Waals surface area contributed by atoms with E-state index in [9.17, 15) is 19.3 Å². The summed E-state index contributed by atoms with van der Waals surface area (Å²) in [5.41, 5.74) is -0.421. The molecule has 1 saturated carbocycles. The number of hydrogen-bond donors (Lipinski definition) is 1. The third-order valence-corrected chi connectivity index (χ3v) is 3.84. The van der Waals surface area contributed by atoms with E-state index in [-0.39, 0.29) is 22.9 Å². The molecule has 114 valence electrons. The predicted octanol–water partition coefficient (Wildman–Crippen LogP) is 3.35. The van der Waals surface area contributed by atoms with Crippen LogP contribution in [0.4, 0.5) is 10.1 Å². The quantitative estimate of drug-likeness (QED) is 0.646. The van der Waals surface area contributed by atoms with Crippen molar-refractivity contribution in [3.8, 4) is 0 Å². The average molecular weight is 294 g/mol. The first kappa shape index (κ1) is 15.4. The lowest BCUT2D eigenvalue weighted by atomic mass is 10.1. The Kier molecular flexibility index (Phi) is 4.55. The van der Waals surface area contributed by atoms with Crippen molar-refractivity contribution in [2.45, 2.75) is 45.6 Å². The molecule has 21 heavy (non-hydrogen) atoms. The highest BCUT2D eigenvalue weighted by Gasteiger charge is 2.27. The fourth-order valence-corrected chi connectivity index (χ4v) is 2.37. The van der Waals surface area contributed by atoms with E-state index >= 15 is 0 Å². The second-order valence-electron chi connectivity index (χ2n) is 5.64. The molecule has 1 aromatic carbocycles. The third-order valence-electron chi connectivity index (χ3n) is 3.84. The van der Waals surface area contributed by atoms with E-state index in [0.29, 0.717) is 5.92 Å². The molecule has 0 saturated heterocycles. The van der Waals surface area contributed by atoms with Crippen LogP contribution in [0, 0.1) is 28.8 Å². The minimum absolute atomic E-state index is 0.0102. The van der Waals surface area contributed by atoms with Gasteiger partial charge in [-0.2, -0.15) is 0 Å². The standard InChI is InChI=1S/C15H19FN2O3/c1-3-11(7-10-4-5-10)17-15(19)13-8-12(18(20)21)6-9(2)14(13)16/h6,8,10-11H,3-5,7H2,1-2H3,(H,17,19). The van der Waals surface area contributed by atoms with Gasteiger partial charge in [0.1, 0.15) is 5.82 Å². The molecule has 0 heterocycles. The summed E-state index contributed by atoms with van der Waals surface area (Å²) in [6.07, 6.45) is 4.00. The number of carbonyl (C=O) groups excluding carboxylic acids is 1. The average Bonchev–Trinajstić information content (AvgIpc) is 3.24. The van der Waals surface area contributed by atoms with Gasteiger partial charge < -0.3 is 5.32 Å². The highest BCUT2D eigenvalue weighted by molar-refractivity contribution is 5.95. The molecule has 1 aliphatic rings. The Morgan fingerprint density at radius 3 is 2.71 bits per heavy atom. The Balaban J connectivity index is 2.18. The number of halogens is 1.